The predicted octanol–water partition coefficient (Wildman–Crippen LogP) is 13.5. The first-order valence-corrected chi connectivity index (χ1v) is 22.8. The number of pyridine rings is 3. The summed E-state index contributed by atoms with van der Waals surface area (Å²) in [6, 6.07) is 41.3. The van der Waals surface area contributed by atoms with E-state index in [1.54, 1.807) is 12.1 Å². The molecule has 0 saturated carbocycles. The number of rotatable bonds is 5. The van der Waals surface area contributed by atoms with Crippen LogP contribution in [0.25, 0.3) is 66.8 Å². The molecule has 58 heavy (non-hydrogen) atoms. The molecular weight excluding hydrogens is 903 g/mol. The van der Waals surface area contributed by atoms with Gasteiger partial charge in [-0.15, -0.1) is 47.5 Å². The third kappa shape index (κ3) is 9.16. The Balaban J connectivity index is 0.000000222. The maximum atomic E-state index is 8.07. The van der Waals surface area contributed by atoms with Crippen LogP contribution in [-0.4, -0.2) is 23.0 Å². The van der Waals surface area contributed by atoms with Gasteiger partial charge in [-0.2, -0.15) is 0 Å². The zero-order valence-electron chi connectivity index (χ0n) is 40.6. The van der Waals surface area contributed by atoms with Crippen molar-refractivity contribution in [3.63, 3.8) is 0 Å². The molecular formula is C52H53IrN3OSi-2. The summed E-state index contributed by atoms with van der Waals surface area (Å²) in [5.74, 6) is 0. The Morgan fingerprint density at radius 1 is 0.655 bits per heavy atom. The number of fused-ring (bicyclic) bond motifs is 3. The van der Waals surface area contributed by atoms with Crippen molar-refractivity contribution in [2.24, 2.45) is 0 Å². The second-order valence-electron chi connectivity index (χ2n) is 17.7. The van der Waals surface area contributed by atoms with E-state index in [0.717, 1.165) is 44.6 Å². The van der Waals surface area contributed by atoms with E-state index >= 15 is 0 Å². The van der Waals surface area contributed by atoms with Crippen molar-refractivity contribution in [2.75, 3.05) is 0 Å². The third-order valence-corrected chi connectivity index (χ3v) is 12.3. The molecule has 0 bridgehead atoms. The van der Waals surface area contributed by atoms with Crippen molar-refractivity contribution in [1.82, 2.24) is 15.0 Å². The second-order valence-corrected chi connectivity index (χ2v) is 22.7. The van der Waals surface area contributed by atoms with Gasteiger partial charge in [0.1, 0.15) is 11.3 Å². The normalized spacial score (nSPS) is 13.9. The van der Waals surface area contributed by atoms with E-state index in [2.05, 4.69) is 119 Å². The van der Waals surface area contributed by atoms with E-state index in [1.165, 1.54) is 10.8 Å². The van der Waals surface area contributed by atoms with Crippen LogP contribution in [0.15, 0.2) is 126 Å². The van der Waals surface area contributed by atoms with Gasteiger partial charge in [-0.1, -0.05) is 156 Å². The number of furan rings is 1. The zero-order chi connectivity index (χ0) is 45.7. The Hall–Kier alpha value is -5.00. The molecule has 6 heteroatoms. The van der Waals surface area contributed by atoms with E-state index in [-0.39, 0.29) is 36.6 Å². The Labute approximate surface area is 368 Å². The maximum absolute atomic E-state index is 8.07. The number of hydrogen-bond donors (Lipinski definition) is 0. The van der Waals surface area contributed by atoms with Gasteiger partial charge in [0.25, 0.3) is 0 Å². The first-order valence-electron chi connectivity index (χ1n) is 22.3. The molecule has 0 saturated heterocycles. The number of aromatic nitrogens is 3. The van der Waals surface area contributed by atoms with Crippen LogP contribution in [0.3, 0.4) is 0 Å². The summed E-state index contributed by atoms with van der Waals surface area (Å²) in [5, 5.41) is 2.84. The summed E-state index contributed by atoms with van der Waals surface area (Å²) in [4.78, 5) is 13.7. The van der Waals surface area contributed by atoms with E-state index in [4.69, 9.17) is 12.6 Å². The van der Waals surface area contributed by atoms with E-state index in [9.17, 15) is 0 Å². The van der Waals surface area contributed by atoms with Crippen LogP contribution < -0.4 is 5.19 Å². The fourth-order valence-electron chi connectivity index (χ4n) is 6.83. The first-order chi connectivity index (χ1) is 29.4. The fourth-order valence-corrected chi connectivity index (χ4v) is 7.97. The molecule has 0 N–H and O–H groups in total. The molecule has 0 amide bonds. The van der Waals surface area contributed by atoms with E-state index < -0.39 is 21.8 Å². The molecule has 4 aromatic heterocycles. The summed E-state index contributed by atoms with van der Waals surface area (Å²) in [5.41, 5.74) is 9.90. The molecule has 0 spiro atoms. The monoisotopic (exact) mass is 962 g/mol. The minimum Gasteiger partial charge on any atom is -0.498 e. The van der Waals surface area contributed by atoms with Crippen molar-refractivity contribution in [2.45, 2.75) is 85.7 Å². The summed E-state index contributed by atoms with van der Waals surface area (Å²) in [7, 11) is -1.46. The number of hydrogen-bond acceptors (Lipinski definition) is 4. The quantitative estimate of drug-likeness (QED) is 0.127. The summed E-state index contributed by atoms with van der Waals surface area (Å²) < 4.78 is 54.3. The molecule has 1 radical (unpaired) electrons. The van der Waals surface area contributed by atoms with Crippen LogP contribution in [0.4, 0.5) is 0 Å². The molecule has 8 aromatic rings. The van der Waals surface area contributed by atoms with Gasteiger partial charge in [0, 0.05) is 57.4 Å². The van der Waals surface area contributed by atoms with Gasteiger partial charge in [-0.05, 0) is 64.0 Å². The van der Waals surface area contributed by atoms with Crippen molar-refractivity contribution in [3.05, 3.63) is 156 Å². The van der Waals surface area contributed by atoms with Crippen LogP contribution in [0.1, 0.15) is 72.2 Å². The van der Waals surface area contributed by atoms with E-state index in [1.807, 2.05) is 79.1 Å². The third-order valence-electron chi connectivity index (χ3n) is 10.3. The molecule has 0 aliphatic rings. The molecule has 297 valence electrons. The molecule has 0 atom stereocenters. The average Bonchev–Trinajstić information content (AvgIpc) is 3.61. The summed E-state index contributed by atoms with van der Waals surface area (Å²) in [6.07, 6.45) is 3.64. The van der Waals surface area contributed by atoms with Crippen LogP contribution >= 0.6 is 0 Å². The maximum Gasteiger partial charge on any atom is 0.147 e. The van der Waals surface area contributed by atoms with Crippen molar-refractivity contribution in [1.29, 1.82) is 0 Å². The predicted molar refractivity (Wildman–Crippen MR) is 243 cm³/mol. The fraction of sp³-hybridized carbons (Fsp3) is 0.250. The average molecular weight is 962 g/mol. The largest absolute Gasteiger partial charge is 0.498 e. The molecule has 4 aromatic carbocycles. The standard InChI is InChI=1S/C31H31N2O.C21H22NSi.Ir/c1-19-17-25-23-9-8-10-24(26-18-22(15-16-32-26)31(5,6)7)28(23)34-29(25)27(33-19)20-11-13-21(14-12-20)30(2,3)4;1-16-10-11-18(14-20(16)17-8-6-5-7-9-17)21-15-19(12-13-22-21)23(2,3)4;/h8-9,11-18H,1-7H3;5-10,12-15H,1-4H3;/q2*-1;/i2*1D3;. The first kappa shape index (κ1) is 35.0. The molecule has 0 fully saturated rings. The Kier molecular flexibility index (Phi) is 10.1. The molecule has 8 rings (SSSR count). The van der Waals surface area contributed by atoms with Crippen molar-refractivity contribution >= 4 is 35.2 Å². The van der Waals surface area contributed by atoms with Crippen LogP contribution in [0.2, 0.25) is 19.6 Å². The Morgan fingerprint density at radius 3 is 2.03 bits per heavy atom. The van der Waals surface area contributed by atoms with Gasteiger partial charge >= 0.3 is 0 Å². The Morgan fingerprint density at radius 2 is 1.36 bits per heavy atom. The summed E-state index contributed by atoms with van der Waals surface area (Å²) in [6.45, 7) is 15.3. The van der Waals surface area contributed by atoms with Gasteiger partial charge in [0.05, 0.1) is 13.7 Å². The second kappa shape index (κ2) is 16.7. The number of benzene rings is 4. The Bertz CT molecular complexity index is 2920. The smallest absolute Gasteiger partial charge is 0.147 e. The molecule has 0 aliphatic heterocycles. The summed E-state index contributed by atoms with van der Waals surface area (Å²) >= 11 is 0. The molecule has 0 unspecified atom stereocenters. The SMILES string of the molecule is [2H]C([2H])([2H])c1c[c-]c(-c2cc([Si](C)(C)C)ccn2)cc1-c1ccccc1.[2H]C([2H])([2H])c1cc2c(oc3c(-c4cc(C(C)(C)C)ccn4)[c-]ccc32)c(-c2ccc(C(C)(C)C)cc2)n1.[Ir]. The number of aryl methyl sites for hydroxylation is 2. The van der Waals surface area contributed by atoms with Gasteiger partial charge in [-0.25, -0.2) is 4.98 Å². The van der Waals surface area contributed by atoms with Crippen LogP contribution in [0.5, 0.6) is 0 Å². The minimum atomic E-state index is -2.36. The molecule has 4 heterocycles. The minimum absolute atomic E-state index is 0. The van der Waals surface area contributed by atoms with Crippen molar-refractivity contribution in [3.8, 4) is 44.9 Å². The topological polar surface area (TPSA) is 51.8 Å². The van der Waals surface area contributed by atoms with Gasteiger partial charge in [0.2, 0.25) is 0 Å². The van der Waals surface area contributed by atoms with Crippen LogP contribution in [-0.2, 0) is 30.9 Å². The van der Waals surface area contributed by atoms with Crippen LogP contribution in [0, 0.1) is 25.8 Å². The van der Waals surface area contributed by atoms with E-state index in [0.29, 0.717) is 33.4 Å². The number of nitrogens with zero attached hydrogens (tertiary/aromatic N) is 3. The zero-order valence-corrected chi connectivity index (χ0v) is 38.0. The van der Waals surface area contributed by atoms with Gasteiger partial charge < -0.3 is 14.4 Å². The van der Waals surface area contributed by atoms with Gasteiger partial charge in [0.15, 0.2) is 0 Å². The van der Waals surface area contributed by atoms with Gasteiger partial charge in [-0.3, -0.25) is 0 Å². The van der Waals surface area contributed by atoms with Crippen molar-refractivity contribution < 1.29 is 32.7 Å². The molecule has 0 aliphatic carbocycles. The molecule has 4 nitrogen and oxygen atoms in total.